The van der Waals surface area contributed by atoms with E-state index in [1.165, 1.54) is 10.4 Å². The second-order valence-electron chi connectivity index (χ2n) is 14.1. The highest BCUT2D eigenvalue weighted by Gasteiger charge is 2.50. The van der Waals surface area contributed by atoms with Crippen LogP contribution >= 0.6 is 0 Å². The maximum atomic E-state index is 13.8. The maximum Gasteiger partial charge on any atom is 0.261 e. The van der Waals surface area contributed by atoms with Crippen LogP contribution in [0.1, 0.15) is 66.1 Å². The van der Waals surface area contributed by atoms with E-state index in [1.54, 1.807) is 6.20 Å². The van der Waals surface area contributed by atoms with Crippen LogP contribution < -0.4 is 10.4 Å². The summed E-state index contributed by atoms with van der Waals surface area (Å²) in [6.07, 6.45) is 4.56. The average molecular weight is 606 g/mol. The third-order valence-corrected chi connectivity index (χ3v) is 13.3. The van der Waals surface area contributed by atoms with Crippen LogP contribution in [0.4, 0.5) is 0 Å². The standard InChI is InChI=1S/C35H51NO4Si2/c1-34(2,3)38-27-32(37)31(33(40-41(7,8)9)28-18-16-24-36-26-28)23-17-25-39-42(35(4,5)6,29-19-12-10-13-20-29)30-21-14-11-15-22-30/h10-16,18-22,24,26,31,33H,17,23,25,27H2,1-9H3. The van der Waals surface area contributed by atoms with Crippen molar-refractivity contribution in [3.8, 4) is 0 Å². The largest absolute Gasteiger partial charge is 0.410 e. The zero-order valence-electron chi connectivity index (χ0n) is 27.1. The highest BCUT2D eigenvalue weighted by Crippen LogP contribution is 2.38. The summed E-state index contributed by atoms with van der Waals surface area (Å²) in [5.41, 5.74) is 0.526. The fraction of sp³-hybridized carbons (Fsp3) is 0.486. The Balaban J connectivity index is 1.93. The predicted molar refractivity (Wildman–Crippen MR) is 178 cm³/mol. The molecule has 42 heavy (non-hydrogen) atoms. The molecule has 0 aliphatic rings. The Labute approximate surface area is 256 Å². The number of nitrogens with zero attached hydrogens (tertiary/aromatic N) is 1. The number of carbonyl (C=O) groups is 1. The lowest BCUT2D eigenvalue weighted by atomic mass is 9.89. The highest BCUT2D eigenvalue weighted by molar-refractivity contribution is 6.99. The van der Waals surface area contributed by atoms with Gasteiger partial charge in [-0.1, -0.05) is 87.5 Å². The fourth-order valence-corrected chi connectivity index (χ4v) is 11.1. The number of ether oxygens (including phenoxy) is 1. The van der Waals surface area contributed by atoms with Gasteiger partial charge in [-0.05, 0) is 80.3 Å². The van der Waals surface area contributed by atoms with Crippen LogP contribution in [0.25, 0.3) is 0 Å². The minimum atomic E-state index is -2.66. The molecule has 0 aliphatic heterocycles. The quantitative estimate of drug-likeness (QED) is 0.142. The van der Waals surface area contributed by atoms with Gasteiger partial charge in [0.05, 0.1) is 11.7 Å². The number of benzene rings is 2. The first-order valence-electron chi connectivity index (χ1n) is 15.1. The second kappa shape index (κ2) is 14.4. The van der Waals surface area contributed by atoms with Crippen molar-refractivity contribution in [2.24, 2.45) is 5.92 Å². The number of rotatable bonds is 14. The molecule has 0 amide bonds. The summed E-state index contributed by atoms with van der Waals surface area (Å²) in [6, 6.07) is 25.3. The average Bonchev–Trinajstić information content (AvgIpc) is 2.93. The van der Waals surface area contributed by atoms with Gasteiger partial charge in [-0.2, -0.15) is 0 Å². The molecule has 2 aromatic carbocycles. The van der Waals surface area contributed by atoms with E-state index in [1.807, 2.05) is 39.1 Å². The van der Waals surface area contributed by atoms with Crippen LogP contribution in [0.2, 0.25) is 24.7 Å². The van der Waals surface area contributed by atoms with Gasteiger partial charge in [-0.25, -0.2) is 0 Å². The Morgan fingerprint density at radius 1 is 0.833 bits per heavy atom. The van der Waals surface area contributed by atoms with E-state index >= 15 is 0 Å². The molecule has 0 spiro atoms. The minimum Gasteiger partial charge on any atom is -0.410 e. The molecule has 0 radical (unpaired) electrons. The lowest BCUT2D eigenvalue weighted by Gasteiger charge is -2.43. The topological polar surface area (TPSA) is 57.7 Å². The zero-order valence-corrected chi connectivity index (χ0v) is 29.1. The molecule has 5 nitrogen and oxygen atoms in total. The van der Waals surface area contributed by atoms with Gasteiger partial charge < -0.3 is 13.6 Å². The second-order valence-corrected chi connectivity index (χ2v) is 22.8. The van der Waals surface area contributed by atoms with Gasteiger partial charge in [0.15, 0.2) is 14.1 Å². The van der Waals surface area contributed by atoms with E-state index in [-0.39, 0.29) is 29.5 Å². The van der Waals surface area contributed by atoms with Crippen molar-refractivity contribution in [3.63, 3.8) is 0 Å². The van der Waals surface area contributed by atoms with Crippen molar-refractivity contribution in [2.45, 2.75) is 90.8 Å². The summed E-state index contributed by atoms with van der Waals surface area (Å²) in [6.45, 7) is 19.9. The fourth-order valence-electron chi connectivity index (χ4n) is 5.47. The molecule has 2 unspecified atom stereocenters. The Bertz CT molecular complexity index is 1190. The molecule has 1 heterocycles. The van der Waals surface area contributed by atoms with E-state index in [0.29, 0.717) is 13.0 Å². The smallest absolute Gasteiger partial charge is 0.261 e. The Hall–Kier alpha value is -2.43. The van der Waals surface area contributed by atoms with Gasteiger partial charge in [-0.15, -0.1) is 0 Å². The zero-order chi connectivity index (χ0) is 31.0. The summed E-state index contributed by atoms with van der Waals surface area (Å²) in [7, 11) is -4.67. The van der Waals surface area contributed by atoms with Crippen LogP contribution in [0, 0.1) is 5.92 Å². The first-order chi connectivity index (χ1) is 19.6. The molecule has 2 atom stereocenters. The van der Waals surface area contributed by atoms with Gasteiger partial charge in [-0.3, -0.25) is 9.78 Å². The van der Waals surface area contributed by atoms with E-state index in [2.05, 4.69) is 106 Å². The van der Waals surface area contributed by atoms with E-state index < -0.39 is 22.2 Å². The molecule has 228 valence electrons. The molecule has 3 rings (SSSR count). The number of aromatic nitrogens is 1. The summed E-state index contributed by atoms with van der Waals surface area (Å²) in [4.78, 5) is 18.2. The van der Waals surface area contributed by atoms with Gasteiger partial charge in [0.2, 0.25) is 0 Å². The molecule has 1 aromatic heterocycles. The van der Waals surface area contributed by atoms with Crippen molar-refractivity contribution in [1.29, 1.82) is 0 Å². The van der Waals surface area contributed by atoms with Gasteiger partial charge in [0.1, 0.15) is 6.61 Å². The monoisotopic (exact) mass is 605 g/mol. The lowest BCUT2D eigenvalue weighted by Crippen LogP contribution is -2.66. The Kier molecular flexibility index (Phi) is 11.7. The van der Waals surface area contributed by atoms with E-state index in [9.17, 15) is 4.79 Å². The summed E-state index contributed by atoms with van der Waals surface area (Å²) >= 11 is 0. The highest BCUT2D eigenvalue weighted by atomic mass is 28.4. The summed E-state index contributed by atoms with van der Waals surface area (Å²) in [5, 5.41) is 2.40. The SMILES string of the molecule is CC(C)(C)OCC(=O)C(CCCO[Si](c1ccccc1)(c1ccccc1)C(C)(C)C)C(O[Si](C)(C)C)c1cccnc1. The van der Waals surface area contributed by atoms with Gasteiger partial charge in [0.25, 0.3) is 8.32 Å². The maximum absolute atomic E-state index is 13.8. The normalized spacial score (nSPS) is 14.4. The third-order valence-electron chi connectivity index (χ3n) is 7.31. The van der Waals surface area contributed by atoms with Crippen LogP contribution in [-0.2, 0) is 18.4 Å². The van der Waals surface area contributed by atoms with Crippen molar-refractivity contribution in [1.82, 2.24) is 4.98 Å². The van der Waals surface area contributed by atoms with Gasteiger partial charge >= 0.3 is 0 Å². The molecule has 0 saturated carbocycles. The van der Waals surface area contributed by atoms with Crippen LogP contribution in [0.5, 0.6) is 0 Å². The Morgan fingerprint density at radius 3 is 1.86 bits per heavy atom. The van der Waals surface area contributed by atoms with Crippen LogP contribution in [0.15, 0.2) is 85.2 Å². The summed E-state index contributed by atoms with van der Waals surface area (Å²) < 4.78 is 19.8. The molecule has 3 aromatic rings. The molecular weight excluding hydrogens is 555 g/mol. The van der Waals surface area contributed by atoms with E-state index in [4.69, 9.17) is 13.6 Å². The number of ketones is 1. The summed E-state index contributed by atoms with van der Waals surface area (Å²) in [5.74, 6) is -0.312. The first kappa shape index (κ1) is 34.1. The van der Waals surface area contributed by atoms with Crippen molar-refractivity contribution < 1.29 is 18.4 Å². The molecule has 7 heteroatoms. The lowest BCUT2D eigenvalue weighted by molar-refractivity contribution is -0.136. The predicted octanol–water partition coefficient (Wildman–Crippen LogP) is 7.33. The molecular formula is C35H51NO4Si2. The number of Topliss-reactive ketones (excluding diaryl/α,β-unsaturated/α-hetero) is 1. The van der Waals surface area contributed by atoms with Crippen LogP contribution in [0.3, 0.4) is 0 Å². The molecule has 0 bridgehead atoms. The molecule has 0 N–H and O–H groups in total. The number of carbonyl (C=O) groups excluding carboxylic acids is 1. The van der Waals surface area contributed by atoms with E-state index in [0.717, 1.165) is 12.0 Å². The van der Waals surface area contributed by atoms with Crippen LogP contribution in [-0.4, -0.2) is 46.2 Å². The first-order valence-corrected chi connectivity index (χ1v) is 20.5. The molecule has 0 saturated heterocycles. The molecule has 0 aliphatic carbocycles. The number of pyridine rings is 1. The Morgan fingerprint density at radius 2 is 1.40 bits per heavy atom. The van der Waals surface area contributed by atoms with Gasteiger partial charge in [0, 0.05) is 24.9 Å². The number of hydrogen-bond donors (Lipinski definition) is 0. The number of hydrogen-bond acceptors (Lipinski definition) is 5. The van der Waals surface area contributed by atoms with Crippen molar-refractivity contribution in [2.75, 3.05) is 13.2 Å². The minimum absolute atomic E-state index is 0.0511. The van der Waals surface area contributed by atoms with Crippen molar-refractivity contribution >= 4 is 32.8 Å². The molecule has 0 fully saturated rings. The van der Waals surface area contributed by atoms with Crippen molar-refractivity contribution in [3.05, 3.63) is 90.8 Å². The third kappa shape index (κ3) is 9.28.